The summed E-state index contributed by atoms with van der Waals surface area (Å²) in [5.74, 6) is 0.632. The predicted molar refractivity (Wildman–Crippen MR) is 68.2 cm³/mol. The van der Waals surface area contributed by atoms with Crippen LogP contribution in [0.4, 0.5) is 0 Å². The molecule has 0 radical (unpaired) electrons. The van der Waals surface area contributed by atoms with Crippen LogP contribution in [0.5, 0.6) is 0 Å². The molecule has 0 amide bonds. The number of likely N-dealkylation sites (N-methyl/N-ethyl adjacent to an activating group) is 1. The molecule has 0 aromatic carbocycles. The summed E-state index contributed by atoms with van der Waals surface area (Å²) in [5, 5.41) is 3.52. The smallest absolute Gasteiger partial charge is 0.0678 e. The summed E-state index contributed by atoms with van der Waals surface area (Å²) < 4.78 is 11.4. The Morgan fingerprint density at radius 1 is 1.18 bits per heavy atom. The van der Waals surface area contributed by atoms with E-state index in [1.165, 1.54) is 0 Å². The fraction of sp³-hybridized carbons (Fsp3) is 1.00. The molecule has 0 spiro atoms. The zero-order valence-electron chi connectivity index (χ0n) is 11.3. The second kappa shape index (κ2) is 6.14. The van der Waals surface area contributed by atoms with Gasteiger partial charge in [-0.05, 0) is 20.4 Å². The number of hydrogen-bond donors (Lipinski definition) is 1. The molecule has 0 saturated carbocycles. The highest BCUT2D eigenvalue weighted by Crippen LogP contribution is 2.18. The monoisotopic (exact) mass is 242 g/mol. The van der Waals surface area contributed by atoms with Crippen molar-refractivity contribution in [3.63, 3.8) is 0 Å². The topological polar surface area (TPSA) is 33.7 Å². The van der Waals surface area contributed by atoms with Crippen molar-refractivity contribution in [3.05, 3.63) is 0 Å². The third-order valence-electron chi connectivity index (χ3n) is 3.65. The van der Waals surface area contributed by atoms with Crippen molar-refractivity contribution in [2.45, 2.75) is 39.0 Å². The van der Waals surface area contributed by atoms with Crippen molar-refractivity contribution < 1.29 is 9.47 Å². The Hall–Kier alpha value is -0.160. The summed E-state index contributed by atoms with van der Waals surface area (Å²) in [4.78, 5) is 2.53. The van der Waals surface area contributed by atoms with Crippen molar-refractivity contribution in [1.82, 2.24) is 10.2 Å². The van der Waals surface area contributed by atoms with E-state index in [0.717, 1.165) is 39.4 Å². The zero-order valence-corrected chi connectivity index (χ0v) is 11.3. The fourth-order valence-electron chi connectivity index (χ4n) is 3.03. The zero-order chi connectivity index (χ0) is 12.3. The van der Waals surface area contributed by atoms with Crippen LogP contribution in [-0.4, -0.2) is 62.5 Å². The quantitative estimate of drug-likeness (QED) is 0.787. The molecule has 100 valence electrons. The molecular weight excluding hydrogens is 216 g/mol. The summed E-state index contributed by atoms with van der Waals surface area (Å²) in [5.41, 5.74) is 0. The minimum atomic E-state index is 0.360. The first-order valence-corrected chi connectivity index (χ1v) is 6.88. The molecule has 2 fully saturated rings. The van der Waals surface area contributed by atoms with Gasteiger partial charge in [0.15, 0.2) is 0 Å². The lowest BCUT2D eigenvalue weighted by Crippen LogP contribution is -2.49. The minimum Gasteiger partial charge on any atom is -0.379 e. The molecule has 4 nitrogen and oxygen atoms in total. The van der Waals surface area contributed by atoms with Gasteiger partial charge in [-0.1, -0.05) is 6.92 Å². The first-order valence-electron chi connectivity index (χ1n) is 6.88. The van der Waals surface area contributed by atoms with Crippen LogP contribution in [0.25, 0.3) is 0 Å². The van der Waals surface area contributed by atoms with Crippen LogP contribution in [-0.2, 0) is 9.47 Å². The van der Waals surface area contributed by atoms with E-state index in [9.17, 15) is 0 Å². The standard InChI is InChI=1S/C13H26N2O2/c1-4-14-13-9-16-8-12(13)7-15-5-10(2)17-11(3)6-15/h10-14H,4-9H2,1-3H3/t10-,11+,12?,13?. The SMILES string of the molecule is CCNC1COCC1CN1C[C@@H](C)O[C@@H](C)C1. The number of hydrogen-bond acceptors (Lipinski definition) is 4. The largest absolute Gasteiger partial charge is 0.379 e. The highest BCUT2D eigenvalue weighted by atomic mass is 16.5. The van der Waals surface area contributed by atoms with Gasteiger partial charge in [-0.25, -0.2) is 0 Å². The van der Waals surface area contributed by atoms with Crippen LogP contribution in [0.15, 0.2) is 0 Å². The highest BCUT2D eigenvalue weighted by Gasteiger charge is 2.31. The van der Waals surface area contributed by atoms with Gasteiger partial charge < -0.3 is 14.8 Å². The van der Waals surface area contributed by atoms with E-state index >= 15 is 0 Å². The molecule has 0 aliphatic carbocycles. The lowest BCUT2D eigenvalue weighted by atomic mass is 10.0. The van der Waals surface area contributed by atoms with Crippen LogP contribution in [0.2, 0.25) is 0 Å². The Morgan fingerprint density at radius 2 is 1.88 bits per heavy atom. The molecule has 4 atom stereocenters. The molecule has 2 rings (SSSR count). The van der Waals surface area contributed by atoms with Crippen molar-refractivity contribution in [3.8, 4) is 0 Å². The van der Waals surface area contributed by atoms with E-state index in [1.807, 2.05) is 0 Å². The van der Waals surface area contributed by atoms with Crippen LogP contribution >= 0.6 is 0 Å². The van der Waals surface area contributed by atoms with Gasteiger partial charge in [-0.2, -0.15) is 0 Å². The first-order chi connectivity index (χ1) is 8.19. The first kappa shape index (κ1) is 13.3. The second-order valence-corrected chi connectivity index (χ2v) is 5.44. The van der Waals surface area contributed by atoms with Gasteiger partial charge in [0.05, 0.1) is 25.4 Å². The molecule has 2 aliphatic rings. The van der Waals surface area contributed by atoms with Crippen molar-refractivity contribution >= 4 is 0 Å². The van der Waals surface area contributed by atoms with E-state index in [-0.39, 0.29) is 0 Å². The Balaban J connectivity index is 1.82. The minimum absolute atomic E-state index is 0.360. The number of ether oxygens (including phenoxy) is 2. The average molecular weight is 242 g/mol. The van der Waals surface area contributed by atoms with Gasteiger partial charge in [-0.3, -0.25) is 4.90 Å². The Bertz CT molecular complexity index is 227. The van der Waals surface area contributed by atoms with Gasteiger partial charge in [0, 0.05) is 31.6 Å². The lowest BCUT2D eigenvalue weighted by Gasteiger charge is -2.37. The summed E-state index contributed by atoms with van der Waals surface area (Å²) in [7, 11) is 0. The molecule has 0 aromatic rings. The van der Waals surface area contributed by atoms with E-state index in [0.29, 0.717) is 24.2 Å². The second-order valence-electron chi connectivity index (χ2n) is 5.44. The normalized spacial score (nSPS) is 39.7. The van der Waals surface area contributed by atoms with Crippen molar-refractivity contribution in [2.75, 3.05) is 39.4 Å². The average Bonchev–Trinajstić information content (AvgIpc) is 2.65. The predicted octanol–water partition coefficient (Wildman–Crippen LogP) is 0.720. The molecule has 2 heterocycles. The maximum atomic E-state index is 5.77. The number of nitrogens with zero attached hydrogens (tertiary/aromatic N) is 1. The molecule has 1 N–H and O–H groups in total. The third-order valence-corrected chi connectivity index (χ3v) is 3.65. The van der Waals surface area contributed by atoms with E-state index in [2.05, 4.69) is 31.0 Å². The van der Waals surface area contributed by atoms with Crippen LogP contribution in [0.3, 0.4) is 0 Å². The van der Waals surface area contributed by atoms with Crippen molar-refractivity contribution in [2.24, 2.45) is 5.92 Å². The molecule has 2 unspecified atom stereocenters. The van der Waals surface area contributed by atoms with Crippen molar-refractivity contribution in [1.29, 1.82) is 0 Å². The Morgan fingerprint density at radius 3 is 2.53 bits per heavy atom. The Labute approximate surface area is 105 Å². The third kappa shape index (κ3) is 3.65. The van der Waals surface area contributed by atoms with Crippen LogP contribution in [0.1, 0.15) is 20.8 Å². The fourth-order valence-corrected chi connectivity index (χ4v) is 3.03. The van der Waals surface area contributed by atoms with Crippen LogP contribution < -0.4 is 5.32 Å². The van der Waals surface area contributed by atoms with Gasteiger partial charge in [0.2, 0.25) is 0 Å². The highest BCUT2D eigenvalue weighted by molar-refractivity contribution is 4.85. The molecule has 17 heavy (non-hydrogen) atoms. The van der Waals surface area contributed by atoms with E-state index < -0.39 is 0 Å². The Kier molecular flexibility index (Phi) is 4.79. The van der Waals surface area contributed by atoms with Gasteiger partial charge in [-0.15, -0.1) is 0 Å². The van der Waals surface area contributed by atoms with Gasteiger partial charge in [0.1, 0.15) is 0 Å². The van der Waals surface area contributed by atoms with E-state index in [4.69, 9.17) is 9.47 Å². The summed E-state index contributed by atoms with van der Waals surface area (Å²) in [6.07, 6.45) is 0.720. The van der Waals surface area contributed by atoms with Crippen LogP contribution in [0, 0.1) is 5.92 Å². The maximum absolute atomic E-state index is 5.77. The maximum Gasteiger partial charge on any atom is 0.0678 e. The number of rotatable bonds is 4. The molecule has 2 saturated heterocycles. The summed E-state index contributed by atoms with van der Waals surface area (Å²) in [6.45, 7) is 12.5. The number of nitrogens with one attached hydrogen (secondary N) is 1. The summed E-state index contributed by atoms with van der Waals surface area (Å²) in [6, 6.07) is 0.536. The van der Waals surface area contributed by atoms with Gasteiger partial charge in [0.25, 0.3) is 0 Å². The molecule has 0 aromatic heterocycles. The molecule has 0 bridgehead atoms. The molecule has 4 heteroatoms. The van der Waals surface area contributed by atoms with E-state index in [1.54, 1.807) is 0 Å². The number of morpholine rings is 1. The van der Waals surface area contributed by atoms with Gasteiger partial charge >= 0.3 is 0 Å². The lowest BCUT2D eigenvalue weighted by molar-refractivity contribution is -0.0720. The molecular formula is C13H26N2O2. The summed E-state index contributed by atoms with van der Waals surface area (Å²) >= 11 is 0. The molecule has 2 aliphatic heterocycles.